The minimum atomic E-state index is -0.834. The molecule has 0 bridgehead atoms. The molecule has 1 aliphatic rings. The topological polar surface area (TPSA) is 37.3 Å². The summed E-state index contributed by atoms with van der Waals surface area (Å²) in [5.41, 5.74) is 5.81. The Hall–Kier alpha value is -2.13. The van der Waals surface area contributed by atoms with E-state index in [4.69, 9.17) is 0 Å². The van der Waals surface area contributed by atoms with Gasteiger partial charge in [0.05, 0.1) is 0 Å². The number of aryl methyl sites for hydroxylation is 3. The van der Waals surface area contributed by atoms with Crippen molar-refractivity contribution in [1.82, 2.24) is 0 Å². The fourth-order valence-electron chi connectivity index (χ4n) is 3.44. The van der Waals surface area contributed by atoms with Gasteiger partial charge in [0, 0.05) is 15.6 Å². The number of fused-ring (bicyclic) bond motifs is 2. The van der Waals surface area contributed by atoms with Gasteiger partial charge in [0.1, 0.15) is 4.88 Å². The van der Waals surface area contributed by atoms with Crippen molar-refractivity contribution in [2.45, 2.75) is 26.2 Å². The first-order valence-corrected chi connectivity index (χ1v) is 8.34. The van der Waals surface area contributed by atoms with Gasteiger partial charge in [-0.05, 0) is 60.6 Å². The van der Waals surface area contributed by atoms with Crippen molar-refractivity contribution in [3.63, 3.8) is 0 Å². The number of carboxylic acids is 1. The third-order valence-corrected chi connectivity index (χ3v) is 5.65. The van der Waals surface area contributed by atoms with Crippen LogP contribution in [0.5, 0.6) is 0 Å². The number of hydrogen-bond donors (Lipinski definition) is 1. The summed E-state index contributed by atoms with van der Waals surface area (Å²) in [5.74, 6) is -0.834. The molecular weight excluding hydrogens is 292 g/mol. The molecule has 0 spiro atoms. The molecule has 2 nitrogen and oxygen atoms in total. The molecule has 0 atom stereocenters. The molecule has 0 saturated carbocycles. The van der Waals surface area contributed by atoms with E-state index in [1.54, 1.807) is 0 Å². The quantitative estimate of drug-likeness (QED) is 0.718. The van der Waals surface area contributed by atoms with Crippen molar-refractivity contribution >= 4 is 27.4 Å². The van der Waals surface area contributed by atoms with Crippen LogP contribution in [0.2, 0.25) is 0 Å². The minimum absolute atomic E-state index is 0.452. The highest BCUT2D eigenvalue weighted by Crippen LogP contribution is 2.42. The number of hydrogen-bond acceptors (Lipinski definition) is 2. The fraction of sp³-hybridized carbons (Fsp3) is 0.211. The van der Waals surface area contributed by atoms with E-state index < -0.39 is 5.97 Å². The van der Waals surface area contributed by atoms with Crippen LogP contribution in [0.15, 0.2) is 36.4 Å². The van der Waals surface area contributed by atoms with E-state index in [1.807, 2.05) is 31.2 Å². The van der Waals surface area contributed by atoms with E-state index in [1.165, 1.54) is 28.9 Å². The van der Waals surface area contributed by atoms with Crippen LogP contribution in [0, 0.1) is 6.92 Å². The van der Waals surface area contributed by atoms with Gasteiger partial charge in [-0.25, -0.2) is 4.79 Å². The first kappa shape index (κ1) is 13.5. The normalized spacial score (nSPS) is 13.5. The summed E-state index contributed by atoms with van der Waals surface area (Å²) in [5, 5.41) is 10.7. The second kappa shape index (κ2) is 4.96. The molecule has 0 radical (unpaired) electrons. The molecule has 1 aromatic heterocycles. The van der Waals surface area contributed by atoms with Crippen LogP contribution in [0.3, 0.4) is 0 Å². The summed E-state index contributed by atoms with van der Waals surface area (Å²) in [4.78, 5) is 12.2. The van der Waals surface area contributed by atoms with Gasteiger partial charge in [0.2, 0.25) is 0 Å². The van der Waals surface area contributed by atoms with Gasteiger partial charge < -0.3 is 5.11 Å². The largest absolute Gasteiger partial charge is 0.477 e. The molecule has 3 heteroatoms. The number of aromatic carboxylic acids is 1. The third-order valence-electron chi connectivity index (χ3n) is 4.51. The van der Waals surface area contributed by atoms with Gasteiger partial charge in [-0.3, -0.25) is 0 Å². The summed E-state index contributed by atoms with van der Waals surface area (Å²) in [6.45, 7) is 2.04. The number of benzene rings is 2. The maximum Gasteiger partial charge on any atom is 0.346 e. The second-order valence-electron chi connectivity index (χ2n) is 5.90. The summed E-state index contributed by atoms with van der Waals surface area (Å²) < 4.78 is 1.09. The lowest BCUT2D eigenvalue weighted by Crippen LogP contribution is -1.95. The summed E-state index contributed by atoms with van der Waals surface area (Å²) in [6.07, 6.45) is 3.43. The van der Waals surface area contributed by atoms with Crippen LogP contribution in [-0.2, 0) is 12.8 Å². The average molecular weight is 308 g/mol. The van der Waals surface area contributed by atoms with Gasteiger partial charge in [-0.15, -0.1) is 11.3 Å². The predicted octanol–water partition coefficient (Wildman–Crippen LogP) is 5.06. The molecule has 0 fully saturated rings. The first-order valence-electron chi connectivity index (χ1n) is 7.53. The Morgan fingerprint density at radius 1 is 1.14 bits per heavy atom. The van der Waals surface area contributed by atoms with Crippen LogP contribution >= 0.6 is 11.3 Å². The molecule has 3 aromatic rings. The molecule has 2 aromatic carbocycles. The lowest BCUT2D eigenvalue weighted by molar-refractivity contribution is 0.0703. The molecule has 4 rings (SSSR count). The summed E-state index contributed by atoms with van der Waals surface area (Å²) in [6, 6.07) is 12.5. The van der Waals surface area contributed by atoms with E-state index in [-0.39, 0.29) is 0 Å². The maximum absolute atomic E-state index is 11.7. The van der Waals surface area contributed by atoms with Crippen LogP contribution in [0.1, 0.15) is 32.8 Å². The minimum Gasteiger partial charge on any atom is -0.477 e. The van der Waals surface area contributed by atoms with Crippen molar-refractivity contribution < 1.29 is 9.90 Å². The zero-order valence-corrected chi connectivity index (χ0v) is 13.2. The monoisotopic (exact) mass is 308 g/mol. The Bertz CT molecular complexity index is 905. The summed E-state index contributed by atoms with van der Waals surface area (Å²) >= 11 is 1.40. The van der Waals surface area contributed by atoms with E-state index in [9.17, 15) is 9.90 Å². The van der Waals surface area contributed by atoms with Crippen LogP contribution in [0.4, 0.5) is 0 Å². The number of carboxylic acid groups (broad SMARTS) is 1. The van der Waals surface area contributed by atoms with Gasteiger partial charge in [-0.1, -0.05) is 24.3 Å². The van der Waals surface area contributed by atoms with Crippen molar-refractivity contribution in [2.24, 2.45) is 0 Å². The highest BCUT2D eigenvalue weighted by Gasteiger charge is 2.22. The lowest BCUT2D eigenvalue weighted by Gasteiger charge is -2.07. The second-order valence-corrected chi connectivity index (χ2v) is 6.95. The highest BCUT2D eigenvalue weighted by molar-refractivity contribution is 7.21. The van der Waals surface area contributed by atoms with Crippen molar-refractivity contribution in [3.8, 4) is 11.1 Å². The number of thiophene rings is 1. The first-order chi connectivity index (χ1) is 10.6. The van der Waals surface area contributed by atoms with Crippen LogP contribution in [-0.4, -0.2) is 11.1 Å². The molecule has 0 saturated heterocycles. The SMILES string of the molecule is Cc1ccccc1-c1c(C(=O)O)sc2cc3c(cc12)CCC3. The summed E-state index contributed by atoms with van der Waals surface area (Å²) in [7, 11) is 0. The smallest absolute Gasteiger partial charge is 0.346 e. The standard InChI is InChI=1S/C19H16O2S/c1-11-5-2-3-8-14(11)17-15-9-12-6-4-7-13(12)10-16(15)22-18(17)19(20)21/h2-3,5,8-10H,4,6-7H2,1H3,(H,20,21). The Balaban J connectivity index is 2.09. The predicted molar refractivity (Wildman–Crippen MR) is 91.0 cm³/mol. The molecule has 1 aliphatic carbocycles. The lowest BCUT2D eigenvalue weighted by atomic mass is 9.96. The van der Waals surface area contributed by atoms with Crippen LogP contribution < -0.4 is 0 Å². The molecule has 110 valence electrons. The van der Waals surface area contributed by atoms with Crippen LogP contribution in [0.25, 0.3) is 21.2 Å². The highest BCUT2D eigenvalue weighted by atomic mass is 32.1. The number of carbonyl (C=O) groups is 1. The Labute approximate surface area is 133 Å². The fourth-order valence-corrected chi connectivity index (χ4v) is 4.54. The molecule has 22 heavy (non-hydrogen) atoms. The van der Waals surface area contributed by atoms with Gasteiger partial charge in [0.25, 0.3) is 0 Å². The maximum atomic E-state index is 11.7. The third kappa shape index (κ3) is 1.97. The Morgan fingerprint density at radius 2 is 1.86 bits per heavy atom. The number of rotatable bonds is 2. The Morgan fingerprint density at radius 3 is 2.59 bits per heavy atom. The van der Waals surface area contributed by atoms with Crippen molar-refractivity contribution in [2.75, 3.05) is 0 Å². The van der Waals surface area contributed by atoms with Crippen molar-refractivity contribution in [1.29, 1.82) is 0 Å². The molecule has 0 aliphatic heterocycles. The molecule has 0 amide bonds. The van der Waals surface area contributed by atoms with E-state index in [0.29, 0.717) is 4.88 Å². The van der Waals surface area contributed by atoms with E-state index in [2.05, 4.69) is 12.1 Å². The van der Waals surface area contributed by atoms with Gasteiger partial charge >= 0.3 is 5.97 Å². The van der Waals surface area contributed by atoms with Gasteiger partial charge in [0.15, 0.2) is 0 Å². The molecular formula is C19H16O2S. The van der Waals surface area contributed by atoms with Crippen molar-refractivity contribution in [3.05, 3.63) is 58.0 Å². The zero-order valence-electron chi connectivity index (χ0n) is 12.3. The molecule has 1 heterocycles. The van der Waals surface area contributed by atoms with E-state index in [0.717, 1.165) is 39.6 Å². The average Bonchev–Trinajstić information content (AvgIpc) is 3.09. The van der Waals surface area contributed by atoms with E-state index >= 15 is 0 Å². The molecule has 1 N–H and O–H groups in total. The Kier molecular flexibility index (Phi) is 3.05. The zero-order chi connectivity index (χ0) is 15.3. The van der Waals surface area contributed by atoms with Gasteiger partial charge in [-0.2, -0.15) is 0 Å². The molecule has 0 unspecified atom stereocenters.